The Hall–Kier alpha value is -0.940. The second-order valence-corrected chi connectivity index (χ2v) is 5.46. The van der Waals surface area contributed by atoms with Crippen LogP contribution in [-0.2, 0) is 0 Å². The van der Waals surface area contributed by atoms with Gasteiger partial charge in [-0.3, -0.25) is 10.1 Å². The SMILES string of the molecule is CCC(C)NC(=S)NC(=O)c1ccc(C)c(Br)c1. The third kappa shape index (κ3) is 4.38. The Labute approximate surface area is 121 Å². The van der Waals surface area contributed by atoms with Crippen molar-refractivity contribution >= 4 is 39.2 Å². The fourth-order valence-corrected chi connectivity index (χ4v) is 1.94. The van der Waals surface area contributed by atoms with Crippen LogP contribution in [0.4, 0.5) is 0 Å². The van der Waals surface area contributed by atoms with Crippen molar-refractivity contribution in [3.63, 3.8) is 0 Å². The van der Waals surface area contributed by atoms with Gasteiger partial charge in [0.1, 0.15) is 0 Å². The summed E-state index contributed by atoms with van der Waals surface area (Å²) in [5.41, 5.74) is 1.67. The number of halogens is 1. The van der Waals surface area contributed by atoms with Gasteiger partial charge in [-0.1, -0.05) is 28.9 Å². The number of benzene rings is 1. The number of hydrogen-bond donors (Lipinski definition) is 2. The molecule has 3 nitrogen and oxygen atoms in total. The van der Waals surface area contributed by atoms with E-state index >= 15 is 0 Å². The van der Waals surface area contributed by atoms with Gasteiger partial charge in [-0.15, -0.1) is 0 Å². The molecule has 1 amide bonds. The molecule has 1 atom stereocenters. The Bertz CT molecular complexity index is 462. The van der Waals surface area contributed by atoms with Gasteiger partial charge in [-0.25, -0.2) is 0 Å². The van der Waals surface area contributed by atoms with Crippen molar-refractivity contribution in [3.05, 3.63) is 33.8 Å². The number of carbonyl (C=O) groups excluding carboxylic acids is 1. The first-order valence-electron chi connectivity index (χ1n) is 5.82. The van der Waals surface area contributed by atoms with Crippen molar-refractivity contribution in [1.29, 1.82) is 0 Å². The van der Waals surface area contributed by atoms with Crippen LogP contribution in [0.15, 0.2) is 22.7 Å². The Kier molecular flexibility index (Phi) is 5.75. The van der Waals surface area contributed by atoms with E-state index < -0.39 is 0 Å². The fourth-order valence-electron chi connectivity index (χ4n) is 1.27. The Morgan fingerprint density at radius 1 is 1.50 bits per heavy atom. The van der Waals surface area contributed by atoms with Crippen LogP contribution in [0, 0.1) is 6.92 Å². The molecule has 18 heavy (non-hydrogen) atoms. The molecule has 98 valence electrons. The highest BCUT2D eigenvalue weighted by atomic mass is 79.9. The van der Waals surface area contributed by atoms with E-state index in [9.17, 15) is 4.79 Å². The van der Waals surface area contributed by atoms with Crippen LogP contribution in [0.1, 0.15) is 36.2 Å². The fraction of sp³-hybridized carbons (Fsp3) is 0.385. The number of hydrogen-bond acceptors (Lipinski definition) is 2. The van der Waals surface area contributed by atoms with Gasteiger partial charge in [0.15, 0.2) is 5.11 Å². The maximum Gasteiger partial charge on any atom is 0.257 e. The molecular formula is C13H17BrN2OS. The normalized spacial score (nSPS) is 11.8. The van der Waals surface area contributed by atoms with Gasteiger partial charge in [0.2, 0.25) is 0 Å². The molecule has 2 N–H and O–H groups in total. The predicted octanol–water partition coefficient (Wildman–Crippen LogP) is 3.16. The molecule has 0 aromatic heterocycles. The summed E-state index contributed by atoms with van der Waals surface area (Å²) in [6, 6.07) is 5.71. The van der Waals surface area contributed by atoms with Crippen molar-refractivity contribution in [2.75, 3.05) is 0 Å². The third-order valence-corrected chi connectivity index (χ3v) is 3.73. The molecule has 1 aromatic carbocycles. The molecule has 0 bridgehead atoms. The maximum absolute atomic E-state index is 11.9. The topological polar surface area (TPSA) is 41.1 Å². The first-order valence-corrected chi connectivity index (χ1v) is 7.02. The lowest BCUT2D eigenvalue weighted by Crippen LogP contribution is -2.43. The number of rotatable bonds is 3. The number of thiocarbonyl (C=S) groups is 1. The van der Waals surface area contributed by atoms with Crippen LogP contribution in [-0.4, -0.2) is 17.1 Å². The van der Waals surface area contributed by atoms with E-state index in [0.29, 0.717) is 10.7 Å². The van der Waals surface area contributed by atoms with Gasteiger partial charge < -0.3 is 5.32 Å². The van der Waals surface area contributed by atoms with Gasteiger partial charge in [-0.05, 0) is 50.2 Å². The van der Waals surface area contributed by atoms with Crippen molar-refractivity contribution in [3.8, 4) is 0 Å². The summed E-state index contributed by atoms with van der Waals surface area (Å²) in [6.07, 6.45) is 0.950. The summed E-state index contributed by atoms with van der Waals surface area (Å²) in [5, 5.41) is 6.08. The van der Waals surface area contributed by atoms with Crippen molar-refractivity contribution < 1.29 is 4.79 Å². The molecule has 5 heteroatoms. The van der Waals surface area contributed by atoms with E-state index in [0.717, 1.165) is 16.5 Å². The van der Waals surface area contributed by atoms with Crippen LogP contribution < -0.4 is 10.6 Å². The number of amides is 1. The number of carbonyl (C=O) groups is 1. The molecule has 1 unspecified atom stereocenters. The Balaban J connectivity index is 2.65. The van der Waals surface area contributed by atoms with Gasteiger partial charge >= 0.3 is 0 Å². The lowest BCUT2D eigenvalue weighted by atomic mass is 10.1. The third-order valence-electron chi connectivity index (χ3n) is 2.65. The smallest absolute Gasteiger partial charge is 0.257 e. The zero-order chi connectivity index (χ0) is 13.7. The second kappa shape index (κ2) is 6.85. The van der Waals surface area contributed by atoms with E-state index in [-0.39, 0.29) is 11.9 Å². The van der Waals surface area contributed by atoms with Crippen LogP contribution in [0.25, 0.3) is 0 Å². The zero-order valence-corrected chi connectivity index (χ0v) is 13.1. The van der Waals surface area contributed by atoms with E-state index in [1.165, 1.54) is 0 Å². The average Bonchev–Trinajstić information content (AvgIpc) is 2.32. The highest BCUT2D eigenvalue weighted by Gasteiger charge is 2.10. The maximum atomic E-state index is 11.9. The van der Waals surface area contributed by atoms with Crippen LogP contribution in [0.5, 0.6) is 0 Å². The summed E-state index contributed by atoms with van der Waals surface area (Å²) in [7, 11) is 0. The van der Waals surface area contributed by atoms with Crippen molar-refractivity contribution in [2.45, 2.75) is 33.2 Å². The van der Waals surface area contributed by atoms with Crippen molar-refractivity contribution in [1.82, 2.24) is 10.6 Å². The Morgan fingerprint density at radius 3 is 2.72 bits per heavy atom. The molecule has 0 radical (unpaired) electrons. The minimum absolute atomic E-state index is 0.198. The average molecular weight is 329 g/mol. The van der Waals surface area contributed by atoms with Crippen LogP contribution in [0.3, 0.4) is 0 Å². The standard InChI is InChI=1S/C13H17BrN2OS/c1-4-9(3)15-13(18)16-12(17)10-6-5-8(2)11(14)7-10/h5-7,9H,4H2,1-3H3,(H2,15,16,17,18). The molecular weight excluding hydrogens is 312 g/mol. The van der Waals surface area contributed by atoms with Gasteiger partial charge in [0.05, 0.1) is 0 Å². The number of nitrogens with one attached hydrogen (secondary N) is 2. The zero-order valence-electron chi connectivity index (χ0n) is 10.7. The minimum atomic E-state index is -0.198. The molecule has 0 spiro atoms. The highest BCUT2D eigenvalue weighted by molar-refractivity contribution is 9.10. The minimum Gasteiger partial charge on any atom is -0.360 e. The second-order valence-electron chi connectivity index (χ2n) is 4.20. The lowest BCUT2D eigenvalue weighted by Gasteiger charge is -2.14. The molecule has 0 saturated heterocycles. The predicted molar refractivity (Wildman–Crippen MR) is 81.8 cm³/mol. The van der Waals surface area contributed by atoms with Crippen LogP contribution >= 0.6 is 28.1 Å². The highest BCUT2D eigenvalue weighted by Crippen LogP contribution is 2.17. The molecule has 0 aliphatic rings. The Morgan fingerprint density at radius 2 is 2.17 bits per heavy atom. The van der Waals surface area contributed by atoms with E-state index in [4.69, 9.17) is 12.2 Å². The monoisotopic (exact) mass is 328 g/mol. The molecule has 1 aromatic rings. The summed E-state index contributed by atoms with van der Waals surface area (Å²) < 4.78 is 0.913. The van der Waals surface area contributed by atoms with Gasteiger partial charge in [-0.2, -0.15) is 0 Å². The van der Waals surface area contributed by atoms with Crippen LogP contribution in [0.2, 0.25) is 0 Å². The van der Waals surface area contributed by atoms with Gasteiger partial charge in [0, 0.05) is 16.1 Å². The molecule has 0 saturated carbocycles. The number of aryl methyl sites for hydroxylation is 1. The summed E-state index contributed by atoms with van der Waals surface area (Å²) in [6.45, 7) is 6.04. The summed E-state index contributed by atoms with van der Waals surface area (Å²) >= 11 is 8.48. The molecule has 0 aliphatic heterocycles. The van der Waals surface area contributed by atoms with Gasteiger partial charge in [0.25, 0.3) is 5.91 Å². The quantitative estimate of drug-likeness (QED) is 0.837. The first-order chi connectivity index (χ1) is 8.43. The summed E-state index contributed by atoms with van der Waals surface area (Å²) in [5.74, 6) is -0.198. The van der Waals surface area contributed by atoms with E-state index in [1.807, 2.05) is 19.9 Å². The first kappa shape index (κ1) is 15.1. The summed E-state index contributed by atoms with van der Waals surface area (Å²) in [4.78, 5) is 11.9. The molecule has 0 fully saturated rings. The van der Waals surface area contributed by atoms with E-state index in [2.05, 4.69) is 33.5 Å². The lowest BCUT2D eigenvalue weighted by molar-refractivity contribution is 0.0976. The molecule has 1 rings (SSSR count). The molecule has 0 heterocycles. The van der Waals surface area contributed by atoms with E-state index in [1.54, 1.807) is 12.1 Å². The largest absolute Gasteiger partial charge is 0.360 e. The van der Waals surface area contributed by atoms with Crippen molar-refractivity contribution in [2.24, 2.45) is 0 Å². The molecule has 0 aliphatic carbocycles.